The Labute approximate surface area is 211 Å². The van der Waals surface area contributed by atoms with E-state index in [1.54, 1.807) is 18.2 Å². The fourth-order valence-corrected chi connectivity index (χ4v) is 4.10. The number of carbonyl (C=O) groups is 1. The third-order valence-corrected chi connectivity index (χ3v) is 6.01. The van der Waals surface area contributed by atoms with Gasteiger partial charge in [0.25, 0.3) is 5.91 Å². The van der Waals surface area contributed by atoms with Crippen molar-refractivity contribution in [1.29, 1.82) is 0 Å². The Balaban J connectivity index is 1.44. The van der Waals surface area contributed by atoms with Crippen molar-refractivity contribution in [3.63, 3.8) is 0 Å². The third kappa shape index (κ3) is 5.46. The summed E-state index contributed by atoms with van der Waals surface area (Å²) in [6, 6.07) is 18.8. The van der Waals surface area contributed by atoms with Crippen LogP contribution >= 0.6 is 28.1 Å². The fraction of sp³-hybridized carbons (Fsp3) is 0.192. The van der Waals surface area contributed by atoms with Crippen LogP contribution in [0, 0.1) is 0 Å². The maximum absolute atomic E-state index is 12.6. The Hall–Kier alpha value is -3.23. The zero-order valence-electron chi connectivity index (χ0n) is 19.0. The van der Waals surface area contributed by atoms with E-state index in [1.807, 2.05) is 37.3 Å². The predicted molar refractivity (Wildman–Crippen MR) is 143 cm³/mol. The van der Waals surface area contributed by atoms with E-state index < -0.39 is 0 Å². The van der Waals surface area contributed by atoms with Gasteiger partial charge >= 0.3 is 0 Å². The van der Waals surface area contributed by atoms with Crippen molar-refractivity contribution in [2.45, 2.75) is 26.7 Å². The summed E-state index contributed by atoms with van der Waals surface area (Å²) in [5, 5.41) is 5.91. The van der Waals surface area contributed by atoms with Gasteiger partial charge in [0.05, 0.1) is 11.1 Å². The molecule has 4 aromatic rings. The summed E-state index contributed by atoms with van der Waals surface area (Å²) in [6.07, 6.45) is 0. The number of fused-ring (bicyclic) bond motifs is 1. The molecule has 0 fully saturated rings. The van der Waals surface area contributed by atoms with Crippen LogP contribution in [0.2, 0.25) is 0 Å². The summed E-state index contributed by atoms with van der Waals surface area (Å²) in [4.78, 5) is 17.2. The Morgan fingerprint density at radius 1 is 1.12 bits per heavy atom. The van der Waals surface area contributed by atoms with Crippen LogP contribution in [0.3, 0.4) is 0 Å². The van der Waals surface area contributed by atoms with Gasteiger partial charge in [-0.05, 0) is 95.1 Å². The number of benzene rings is 3. The highest BCUT2D eigenvalue weighted by Crippen LogP contribution is 2.28. The van der Waals surface area contributed by atoms with E-state index in [0.29, 0.717) is 51.0 Å². The number of ether oxygens (including phenoxy) is 1. The van der Waals surface area contributed by atoms with Gasteiger partial charge < -0.3 is 14.5 Å². The SMILES string of the molecule is CCOc1ccc(C(=O)NC(=S)Nc2ccc3oc(-c4ccc(C(C)C)cc4)nc3c2)cc1Br. The first-order chi connectivity index (χ1) is 16.3. The summed E-state index contributed by atoms with van der Waals surface area (Å²) < 4.78 is 12.1. The number of oxazole rings is 1. The molecule has 0 bridgehead atoms. The molecule has 1 aromatic heterocycles. The van der Waals surface area contributed by atoms with Gasteiger partial charge in [-0.25, -0.2) is 4.98 Å². The first-order valence-electron chi connectivity index (χ1n) is 10.9. The van der Waals surface area contributed by atoms with E-state index in [2.05, 4.69) is 57.5 Å². The number of hydrogen-bond donors (Lipinski definition) is 2. The molecule has 8 heteroatoms. The van der Waals surface area contributed by atoms with Gasteiger partial charge in [0.15, 0.2) is 10.7 Å². The molecule has 4 rings (SSSR count). The molecular formula is C26H24BrN3O3S. The smallest absolute Gasteiger partial charge is 0.257 e. The molecule has 2 N–H and O–H groups in total. The molecule has 0 aliphatic rings. The number of thiocarbonyl (C=S) groups is 1. The molecule has 3 aromatic carbocycles. The number of anilines is 1. The van der Waals surface area contributed by atoms with Gasteiger partial charge in [-0.1, -0.05) is 26.0 Å². The number of nitrogens with one attached hydrogen (secondary N) is 2. The molecule has 0 saturated heterocycles. The number of nitrogens with zero attached hydrogens (tertiary/aromatic N) is 1. The standard InChI is InChI=1S/C26H24BrN3O3S/c1-4-32-22-11-9-18(13-20(22)27)24(31)30-26(34)28-19-10-12-23-21(14-19)29-25(33-23)17-7-5-16(6-8-17)15(2)3/h5-15H,4H2,1-3H3,(H2,28,30,31,34). The van der Waals surface area contributed by atoms with Crippen molar-refractivity contribution in [1.82, 2.24) is 10.3 Å². The number of hydrogen-bond acceptors (Lipinski definition) is 5. The molecule has 0 radical (unpaired) electrons. The quantitative estimate of drug-likeness (QED) is 0.260. The normalized spacial score (nSPS) is 11.0. The van der Waals surface area contributed by atoms with Gasteiger partial charge in [0, 0.05) is 16.8 Å². The second-order valence-electron chi connectivity index (χ2n) is 7.96. The van der Waals surface area contributed by atoms with Gasteiger partial charge in [-0.3, -0.25) is 10.1 Å². The Kier molecular flexibility index (Phi) is 7.29. The lowest BCUT2D eigenvalue weighted by Gasteiger charge is -2.11. The van der Waals surface area contributed by atoms with Crippen LogP contribution in [0.4, 0.5) is 5.69 Å². The highest BCUT2D eigenvalue weighted by atomic mass is 79.9. The topological polar surface area (TPSA) is 76.4 Å². The van der Waals surface area contributed by atoms with E-state index in [9.17, 15) is 4.79 Å². The molecular weight excluding hydrogens is 514 g/mol. The summed E-state index contributed by atoms with van der Waals surface area (Å²) in [6.45, 7) is 6.76. The average Bonchev–Trinajstić information content (AvgIpc) is 3.24. The largest absolute Gasteiger partial charge is 0.493 e. The van der Waals surface area contributed by atoms with Crippen molar-refractivity contribution in [2.75, 3.05) is 11.9 Å². The highest BCUT2D eigenvalue weighted by Gasteiger charge is 2.13. The number of aromatic nitrogens is 1. The zero-order valence-corrected chi connectivity index (χ0v) is 21.4. The first-order valence-corrected chi connectivity index (χ1v) is 12.1. The summed E-state index contributed by atoms with van der Waals surface area (Å²) in [5.41, 5.74) is 4.69. The molecule has 0 unspecified atom stereocenters. The van der Waals surface area contributed by atoms with Crippen LogP contribution in [0.1, 0.15) is 42.6 Å². The zero-order chi connectivity index (χ0) is 24.2. The van der Waals surface area contributed by atoms with Crippen molar-refractivity contribution in [3.05, 3.63) is 76.3 Å². The molecule has 0 atom stereocenters. The predicted octanol–water partition coefficient (Wildman–Crippen LogP) is 6.91. The molecule has 0 saturated carbocycles. The molecule has 1 heterocycles. The number of carbonyl (C=O) groups excluding carboxylic acids is 1. The van der Waals surface area contributed by atoms with Gasteiger partial charge in [0.1, 0.15) is 11.3 Å². The van der Waals surface area contributed by atoms with Crippen molar-refractivity contribution in [2.24, 2.45) is 0 Å². The maximum atomic E-state index is 12.6. The Morgan fingerprint density at radius 2 is 1.88 bits per heavy atom. The van der Waals surface area contributed by atoms with Crippen molar-refractivity contribution in [3.8, 4) is 17.2 Å². The molecule has 6 nitrogen and oxygen atoms in total. The van der Waals surface area contributed by atoms with E-state index in [1.165, 1.54) is 5.56 Å². The second-order valence-corrected chi connectivity index (χ2v) is 9.23. The minimum atomic E-state index is -0.323. The van der Waals surface area contributed by atoms with Crippen molar-refractivity contribution < 1.29 is 13.9 Å². The summed E-state index contributed by atoms with van der Waals surface area (Å²) in [7, 11) is 0. The second kappa shape index (κ2) is 10.4. The lowest BCUT2D eigenvalue weighted by atomic mass is 10.0. The minimum absolute atomic E-state index is 0.183. The Morgan fingerprint density at radius 3 is 2.56 bits per heavy atom. The highest BCUT2D eigenvalue weighted by molar-refractivity contribution is 9.10. The van der Waals surface area contributed by atoms with Crippen LogP contribution in [0.15, 0.2) is 69.6 Å². The molecule has 1 amide bonds. The molecule has 0 aliphatic heterocycles. The molecule has 0 aliphatic carbocycles. The lowest BCUT2D eigenvalue weighted by Crippen LogP contribution is -2.34. The lowest BCUT2D eigenvalue weighted by molar-refractivity contribution is 0.0977. The maximum Gasteiger partial charge on any atom is 0.257 e. The number of amides is 1. The van der Waals surface area contributed by atoms with E-state index >= 15 is 0 Å². The van der Waals surface area contributed by atoms with E-state index in [4.69, 9.17) is 21.4 Å². The van der Waals surface area contributed by atoms with Crippen LogP contribution in [-0.2, 0) is 0 Å². The van der Waals surface area contributed by atoms with Crippen LogP contribution in [0.5, 0.6) is 5.75 Å². The number of halogens is 1. The van der Waals surface area contributed by atoms with Crippen LogP contribution < -0.4 is 15.4 Å². The first kappa shape index (κ1) is 23.9. The fourth-order valence-electron chi connectivity index (χ4n) is 3.39. The summed E-state index contributed by atoms with van der Waals surface area (Å²) >= 11 is 8.75. The average molecular weight is 538 g/mol. The van der Waals surface area contributed by atoms with E-state index in [-0.39, 0.29) is 11.0 Å². The van der Waals surface area contributed by atoms with Gasteiger partial charge in [-0.15, -0.1) is 0 Å². The molecule has 0 spiro atoms. The van der Waals surface area contributed by atoms with Crippen LogP contribution in [0.25, 0.3) is 22.6 Å². The summed E-state index contributed by atoms with van der Waals surface area (Å²) in [5.74, 6) is 1.37. The van der Waals surface area contributed by atoms with Crippen LogP contribution in [-0.4, -0.2) is 22.6 Å². The van der Waals surface area contributed by atoms with E-state index in [0.717, 1.165) is 5.56 Å². The monoisotopic (exact) mass is 537 g/mol. The number of rotatable bonds is 6. The van der Waals surface area contributed by atoms with Gasteiger partial charge in [0.2, 0.25) is 5.89 Å². The van der Waals surface area contributed by atoms with Gasteiger partial charge in [-0.2, -0.15) is 0 Å². The molecule has 34 heavy (non-hydrogen) atoms. The molecule has 174 valence electrons. The minimum Gasteiger partial charge on any atom is -0.493 e. The van der Waals surface area contributed by atoms with Crippen molar-refractivity contribution >= 4 is 56.0 Å². The Bertz CT molecular complexity index is 1350. The third-order valence-electron chi connectivity index (χ3n) is 5.19.